The fraction of sp³-hybridized carbons (Fsp3) is 0.357. The molecular formula is C14H19ClN4O2S. The molecule has 1 saturated heterocycles. The van der Waals surface area contributed by atoms with Crippen molar-refractivity contribution in [3.05, 3.63) is 42.7 Å². The van der Waals surface area contributed by atoms with Gasteiger partial charge in [0, 0.05) is 19.1 Å². The number of benzene rings is 1. The maximum atomic E-state index is 12.6. The average Bonchev–Trinajstić information content (AvgIpc) is 2.99. The fourth-order valence-electron chi connectivity index (χ4n) is 2.43. The van der Waals surface area contributed by atoms with E-state index >= 15 is 0 Å². The minimum Gasteiger partial charge on any atom is -0.328 e. The van der Waals surface area contributed by atoms with Gasteiger partial charge in [-0.3, -0.25) is 0 Å². The van der Waals surface area contributed by atoms with Gasteiger partial charge < -0.3 is 5.73 Å². The van der Waals surface area contributed by atoms with Crippen molar-refractivity contribution in [2.75, 3.05) is 13.1 Å². The van der Waals surface area contributed by atoms with Crippen LogP contribution in [-0.2, 0) is 10.0 Å². The van der Waals surface area contributed by atoms with E-state index in [0.717, 1.165) is 5.69 Å². The van der Waals surface area contributed by atoms with Crippen LogP contribution in [0.15, 0.2) is 47.6 Å². The molecule has 1 aliphatic rings. The molecule has 2 heterocycles. The molecule has 22 heavy (non-hydrogen) atoms. The smallest absolute Gasteiger partial charge is 0.246 e. The van der Waals surface area contributed by atoms with Crippen molar-refractivity contribution in [3.8, 4) is 5.69 Å². The Hall–Kier alpha value is -1.41. The van der Waals surface area contributed by atoms with Gasteiger partial charge in [-0.25, -0.2) is 13.1 Å². The third-order valence-electron chi connectivity index (χ3n) is 3.72. The van der Waals surface area contributed by atoms with Crippen molar-refractivity contribution < 1.29 is 8.42 Å². The van der Waals surface area contributed by atoms with Crippen LogP contribution in [0.3, 0.4) is 0 Å². The molecule has 0 atom stereocenters. The zero-order valence-corrected chi connectivity index (χ0v) is 13.6. The summed E-state index contributed by atoms with van der Waals surface area (Å²) >= 11 is 0. The standard InChI is InChI=1S/C14H18N4O2S.ClH/c15-12-6-8-17(9-7-12)21(19,20)14-10-16-18(11-14)13-4-2-1-3-5-13;/h1-5,10-12H,6-9,15H2;1H. The number of hydrogen-bond acceptors (Lipinski definition) is 4. The molecule has 0 amide bonds. The maximum Gasteiger partial charge on any atom is 0.246 e. The van der Waals surface area contributed by atoms with Crippen LogP contribution >= 0.6 is 12.4 Å². The summed E-state index contributed by atoms with van der Waals surface area (Å²) in [7, 11) is -3.48. The largest absolute Gasteiger partial charge is 0.328 e. The van der Waals surface area contributed by atoms with Crippen LogP contribution in [-0.4, -0.2) is 41.6 Å². The molecule has 0 unspecified atom stereocenters. The van der Waals surface area contributed by atoms with E-state index in [1.165, 1.54) is 10.5 Å². The second kappa shape index (κ2) is 6.78. The van der Waals surface area contributed by atoms with Crippen LogP contribution in [0.2, 0.25) is 0 Å². The summed E-state index contributed by atoms with van der Waals surface area (Å²) in [6.45, 7) is 0.944. The molecule has 0 saturated carbocycles. The van der Waals surface area contributed by atoms with Gasteiger partial charge in [0.15, 0.2) is 0 Å². The highest BCUT2D eigenvalue weighted by Crippen LogP contribution is 2.20. The Kier molecular flexibility index (Phi) is 5.23. The fourth-order valence-corrected chi connectivity index (χ4v) is 3.83. The molecule has 3 rings (SSSR count). The first-order valence-electron chi connectivity index (χ1n) is 6.93. The number of piperidine rings is 1. The first-order valence-corrected chi connectivity index (χ1v) is 8.37. The van der Waals surface area contributed by atoms with Crippen molar-refractivity contribution >= 4 is 22.4 Å². The van der Waals surface area contributed by atoms with E-state index in [-0.39, 0.29) is 23.3 Å². The van der Waals surface area contributed by atoms with Crippen LogP contribution in [0, 0.1) is 0 Å². The van der Waals surface area contributed by atoms with Crippen LogP contribution in [0.4, 0.5) is 0 Å². The zero-order valence-electron chi connectivity index (χ0n) is 12.0. The van der Waals surface area contributed by atoms with Gasteiger partial charge in [-0.05, 0) is 25.0 Å². The van der Waals surface area contributed by atoms with Gasteiger partial charge in [0.05, 0.1) is 18.1 Å². The van der Waals surface area contributed by atoms with Gasteiger partial charge in [-0.2, -0.15) is 9.40 Å². The summed E-state index contributed by atoms with van der Waals surface area (Å²) in [4.78, 5) is 0.224. The number of para-hydroxylation sites is 1. The molecule has 1 aromatic heterocycles. The maximum absolute atomic E-state index is 12.6. The highest BCUT2D eigenvalue weighted by atomic mass is 35.5. The van der Waals surface area contributed by atoms with Crippen LogP contribution in [0.5, 0.6) is 0 Å². The molecular weight excluding hydrogens is 324 g/mol. The lowest BCUT2D eigenvalue weighted by atomic mass is 10.1. The minimum atomic E-state index is -3.48. The van der Waals surface area contributed by atoms with Crippen molar-refractivity contribution in [3.63, 3.8) is 0 Å². The summed E-state index contributed by atoms with van der Waals surface area (Å²) in [5.74, 6) is 0. The predicted octanol–water partition coefficient (Wildman–Crippen LogP) is 1.41. The normalized spacial score (nSPS) is 17.1. The molecule has 2 N–H and O–H groups in total. The third-order valence-corrected chi connectivity index (χ3v) is 5.57. The molecule has 0 spiro atoms. The van der Waals surface area contributed by atoms with E-state index in [2.05, 4.69) is 5.10 Å². The number of halogens is 1. The molecule has 1 fully saturated rings. The molecule has 6 nitrogen and oxygen atoms in total. The van der Waals surface area contributed by atoms with Crippen molar-refractivity contribution in [1.29, 1.82) is 0 Å². The lowest BCUT2D eigenvalue weighted by Gasteiger charge is -2.28. The zero-order chi connectivity index (χ0) is 14.9. The summed E-state index contributed by atoms with van der Waals surface area (Å²) in [6.07, 6.45) is 4.36. The second-order valence-corrected chi connectivity index (χ2v) is 7.14. The second-order valence-electron chi connectivity index (χ2n) is 5.20. The van der Waals surface area contributed by atoms with E-state index in [1.54, 1.807) is 10.9 Å². The Morgan fingerprint density at radius 3 is 2.41 bits per heavy atom. The predicted molar refractivity (Wildman–Crippen MR) is 86.8 cm³/mol. The summed E-state index contributed by atoms with van der Waals surface area (Å²) in [5, 5.41) is 4.15. The van der Waals surface area contributed by atoms with E-state index < -0.39 is 10.0 Å². The highest BCUT2D eigenvalue weighted by molar-refractivity contribution is 7.89. The first kappa shape index (κ1) is 17.0. The minimum absolute atomic E-state index is 0. The number of rotatable bonds is 3. The number of nitrogens with zero attached hydrogens (tertiary/aromatic N) is 3. The van der Waals surface area contributed by atoms with Gasteiger partial charge in [-0.15, -0.1) is 12.4 Å². The SMILES string of the molecule is Cl.NC1CCN(S(=O)(=O)c2cnn(-c3ccccc3)c2)CC1. The van der Waals surface area contributed by atoms with Gasteiger partial charge in [-0.1, -0.05) is 18.2 Å². The molecule has 0 aliphatic carbocycles. The van der Waals surface area contributed by atoms with Gasteiger partial charge in [0.1, 0.15) is 4.90 Å². The first-order chi connectivity index (χ1) is 10.1. The molecule has 120 valence electrons. The number of sulfonamides is 1. The van der Waals surface area contributed by atoms with Crippen molar-refractivity contribution in [1.82, 2.24) is 14.1 Å². The van der Waals surface area contributed by atoms with Crippen LogP contribution < -0.4 is 5.73 Å². The average molecular weight is 343 g/mol. The lowest BCUT2D eigenvalue weighted by molar-refractivity contribution is 0.320. The topological polar surface area (TPSA) is 81.2 Å². The van der Waals surface area contributed by atoms with Crippen LogP contribution in [0.1, 0.15) is 12.8 Å². The molecule has 0 bridgehead atoms. The van der Waals surface area contributed by atoms with Crippen LogP contribution in [0.25, 0.3) is 5.69 Å². The van der Waals surface area contributed by atoms with Gasteiger partial charge >= 0.3 is 0 Å². The Bertz CT molecular complexity index is 709. The van der Waals surface area contributed by atoms with E-state index in [0.29, 0.717) is 25.9 Å². The third kappa shape index (κ3) is 3.33. The Morgan fingerprint density at radius 2 is 1.77 bits per heavy atom. The number of aromatic nitrogens is 2. The summed E-state index contributed by atoms with van der Waals surface area (Å²) < 4.78 is 28.2. The Morgan fingerprint density at radius 1 is 1.14 bits per heavy atom. The Balaban J connectivity index is 0.00000176. The van der Waals surface area contributed by atoms with E-state index in [4.69, 9.17) is 5.73 Å². The summed E-state index contributed by atoms with van der Waals surface area (Å²) in [6, 6.07) is 9.53. The summed E-state index contributed by atoms with van der Waals surface area (Å²) in [5.41, 5.74) is 6.65. The molecule has 2 aromatic rings. The molecule has 0 radical (unpaired) electrons. The van der Waals surface area contributed by atoms with Gasteiger partial charge in [0.25, 0.3) is 0 Å². The van der Waals surface area contributed by atoms with E-state index in [1.807, 2.05) is 30.3 Å². The molecule has 8 heteroatoms. The molecule has 1 aliphatic heterocycles. The van der Waals surface area contributed by atoms with E-state index in [9.17, 15) is 8.42 Å². The number of nitrogens with two attached hydrogens (primary N) is 1. The molecule has 1 aromatic carbocycles. The lowest BCUT2D eigenvalue weighted by Crippen LogP contribution is -2.42. The highest BCUT2D eigenvalue weighted by Gasteiger charge is 2.29. The van der Waals surface area contributed by atoms with Crippen molar-refractivity contribution in [2.24, 2.45) is 5.73 Å². The van der Waals surface area contributed by atoms with Gasteiger partial charge in [0.2, 0.25) is 10.0 Å². The van der Waals surface area contributed by atoms with Crippen molar-refractivity contribution in [2.45, 2.75) is 23.8 Å². The number of hydrogen-bond donors (Lipinski definition) is 1. The Labute approximate surface area is 136 Å². The quantitative estimate of drug-likeness (QED) is 0.914. The monoisotopic (exact) mass is 342 g/mol.